The van der Waals surface area contributed by atoms with Gasteiger partial charge in [0.15, 0.2) is 16.1 Å². The normalized spacial score (nSPS) is 12.1. The molecule has 0 bridgehead atoms. The Morgan fingerprint density at radius 3 is 2.50 bits per heavy atom. The van der Waals surface area contributed by atoms with Gasteiger partial charge in [-0.15, -0.1) is 0 Å². The Hall–Kier alpha value is -1.18. The van der Waals surface area contributed by atoms with Crippen molar-refractivity contribution in [3.63, 3.8) is 0 Å². The third kappa shape index (κ3) is 3.44. The summed E-state index contributed by atoms with van der Waals surface area (Å²) in [6.07, 6.45) is -2.44. The Morgan fingerprint density at radius 2 is 2.06 bits per heavy atom. The first-order valence-electron chi connectivity index (χ1n) is 4.11. The minimum Gasteiger partial charge on any atom is -0.369 e. The second-order valence-electron chi connectivity index (χ2n) is 3.08. The minimum atomic E-state index is -4.50. The highest BCUT2D eigenvalue weighted by molar-refractivity contribution is 9.10. The van der Waals surface area contributed by atoms with E-state index in [0.29, 0.717) is 6.20 Å². The third-order valence-electron chi connectivity index (χ3n) is 1.41. The van der Waals surface area contributed by atoms with Gasteiger partial charge in [0.05, 0.1) is 12.5 Å². The average Bonchev–Trinajstić information content (AvgIpc) is 2.14. The topological polar surface area (TPSA) is 41.4 Å². The molecule has 0 aromatic carbocycles. The van der Waals surface area contributed by atoms with Crippen LogP contribution in [0.2, 0.25) is 0 Å². The van der Waals surface area contributed by atoms with Crippen molar-refractivity contribution in [1.82, 2.24) is 14.9 Å². The number of nitrogens with zero attached hydrogens (tertiary/aromatic N) is 4. The summed E-state index contributed by atoms with van der Waals surface area (Å²) in [6.45, 7) is 0. The molecule has 0 unspecified atom stereocenters. The molecule has 0 saturated heterocycles. The van der Waals surface area contributed by atoms with Gasteiger partial charge in [0.1, 0.15) is 0 Å². The predicted molar refractivity (Wildman–Crippen MR) is 56.6 cm³/mol. The zero-order valence-corrected chi connectivity index (χ0v) is 10.0. The summed E-state index contributed by atoms with van der Waals surface area (Å²) in [7, 11) is 3.46. The van der Waals surface area contributed by atoms with E-state index in [-0.39, 0.29) is 10.4 Å². The molecule has 0 aliphatic rings. The van der Waals surface area contributed by atoms with Gasteiger partial charge in [-0.3, -0.25) is 0 Å². The molecule has 0 atom stereocenters. The quantitative estimate of drug-likeness (QED) is 0.622. The zero-order chi connectivity index (χ0) is 12.3. The largest absolute Gasteiger partial charge is 0.434 e. The standard InChI is InChI=1S/C8H8BrF3N4/c1-16(2)4-14-7-6(9)15-5(3-13-7)8(10,11)12/h3-4H,1-2H3. The Morgan fingerprint density at radius 1 is 1.44 bits per heavy atom. The van der Waals surface area contributed by atoms with Crippen molar-refractivity contribution in [2.45, 2.75) is 6.18 Å². The van der Waals surface area contributed by atoms with Crippen LogP contribution in [0.1, 0.15) is 5.69 Å². The van der Waals surface area contributed by atoms with Crippen LogP contribution >= 0.6 is 15.9 Å². The first-order valence-corrected chi connectivity index (χ1v) is 4.90. The molecule has 1 rings (SSSR count). The Labute approximate surface area is 98.3 Å². The van der Waals surface area contributed by atoms with Crippen LogP contribution in [0.25, 0.3) is 0 Å². The van der Waals surface area contributed by atoms with E-state index in [2.05, 4.69) is 30.9 Å². The number of rotatable bonds is 2. The average molecular weight is 297 g/mol. The molecule has 0 fully saturated rings. The molecule has 0 aliphatic carbocycles. The van der Waals surface area contributed by atoms with E-state index in [1.54, 1.807) is 19.0 Å². The molecule has 88 valence electrons. The number of aliphatic imine (C=N–C) groups is 1. The highest BCUT2D eigenvalue weighted by Crippen LogP contribution is 2.30. The number of alkyl halides is 3. The Bertz CT molecular complexity index is 403. The van der Waals surface area contributed by atoms with E-state index < -0.39 is 11.9 Å². The molecular formula is C8H8BrF3N4. The van der Waals surface area contributed by atoms with E-state index in [1.165, 1.54) is 6.34 Å². The molecule has 0 radical (unpaired) electrons. The maximum absolute atomic E-state index is 12.2. The van der Waals surface area contributed by atoms with Gasteiger partial charge in [0.2, 0.25) is 0 Å². The first-order chi connectivity index (χ1) is 7.30. The van der Waals surface area contributed by atoms with Crippen LogP contribution in [0.5, 0.6) is 0 Å². The zero-order valence-electron chi connectivity index (χ0n) is 8.46. The van der Waals surface area contributed by atoms with Crippen molar-refractivity contribution in [3.8, 4) is 0 Å². The summed E-state index contributed by atoms with van der Waals surface area (Å²) < 4.78 is 36.7. The van der Waals surface area contributed by atoms with Crippen molar-refractivity contribution in [1.29, 1.82) is 0 Å². The molecule has 0 amide bonds. The van der Waals surface area contributed by atoms with Gasteiger partial charge in [-0.1, -0.05) is 0 Å². The van der Waals surface area contributed by atoms with Crippen molar-refractivity contribution in [2.24, 2.45) is 4.99 Å². The van der Waals surface area contributed by atoms with Crippen LogP contribution in [0.4, 0.5) is 19.0 Å². The maximum Gasteiger partial charge on any atom is 0.434 e. The fourth-order valence-corrected chi connectivity index (χ4v) is 1.15. The number of hydrogen-bond acceptors (Lipinski definition) is 3. The van der Waals surface area contributed by atoms with Crippen LogP contribution in [0.15, 0.2) is 15.8 Å². The van der Waals surface area contributed by atoms with E-state index in [9.17, 15) is 13.2 Å². The van der Waals surface area contributed by atoms with Gasteiger partial charge in [0.25, 0.3) is 0 Å². The molecule has 0 N–H and O–H groups in total. The fraction of sp³-hybridized carbons (Fsp3) is 0.375. The van der Waals surface area contributed by atoms with Gasteiger partial charge >= 0.3 is 6.18 Å². The SMILES string of the molecule is CN(C)C=Nc1ncc(C(F)(F)F)nc1Br. The van der Waals surface area contributed by atoms with Gasteiger partial charge in [-0.2, -0.15) is 13.2 Å². The van der Waals surface area contributed by atoms with Gasteiger partial charge in [-0.25, -0.2) is 15.0 Å². The van der Waals surface area contributed by atoms with E-state index >= 15 is 0 Å². The van der Waals surface area contributed by atoms with Crippen LogP contribution in [0, 0.1) is 0 Å². The smallest absolute Gasteiger partial charge is 0.369 e. The van der Waals surface area contributed by atoms with Crippen molar-refractivity contribution >= 4 is 28.1 Å². The lowest BCUT2D eigenvalue weighted by atomic mass is 10.4. The fourth-order valence-electron chi connectivity index (χ4n) is 0.754. The highest BCUT2D eigenvalue weighted by Gasteiger charge is 2.33. The molecule has 1 aromatic rings. The lowest BCUT2D eigenvalue weighted by Gasteiger charge is -2.06. The van der Waals surface area contributed by atoms with Gasteiger partial charge < -0.3 is 4.90 Å². The number of hydrogen-bond donors (Lipinski definition) is 0. The monoisotopic (exact) mass is 296 g/mol. The molecule has 8 heteroatoms. The molecular weight excluding hydrogens is 289 g/mol. The van der Waals surface area contributed by atoms with Crippen molar-refractivity contribution in [3.05, 3.63) is 16.5 Å². The number of halogens is 4. The van der Waals surface area contributed by atoms with Crippen molar-refractivity contribution < 1.29 is 13.2 Å². The summed E-state index contributed by atoms with van der Waals surface area (Å²) in [5.41, 5.74) is -1.05. The van der Waals surface area contributed by atoms with Crippen LogP contribution < -0.4 is 0 Å². The predicted octanol–water partition coefficient (Wildman–Crippen LogP) is 2.48. The first kappa shape index (κ1) is 12.9. The van der Waals surface area contributed by atoms with Crippen molar-refractivity contribution in [2.75, 3.05) is 14.1 Å². The summed E-state index contributed by atoms with van der Waals surface area (Å²) in [4.78, 5) is 12.4. The molecule has 1 aromatic heterocycles. The molecule has 16 heavy (non-hydrogen) atoms. The van der Waals surface area contributed by atoms with Gasteiger partial charge in [-0.05, 0) is 15.9 Å². The lowest BCUT2D eigenvalue weighted by molar-refractivity contribution is -0.141. The molecule has 4 nitrogen and oxygen atoms in total. The Balaban J connectivity index is 3.01. The Kier molecular flexibility index (Phi) is 3.84. The summed E-state index contributed by atoms with van der Waals surface area (Å²) >= 11 is 2.88. The van der Waals surface area contributed by atoms with E-state index in [4.69, 9.17) is 0 Å². The van der Waals surface area contributed by atoms with Crippen LogP contribution in [0.3, 0.4) is 0 Å². The van der Waals surface area contributed by atoms with E-state index in [1.807, 2.05) is 0 Å². The lowest BCUT2D eigenvalue weighted by Crippen LogP contribution is -2.09. The van der Waals surface area contributed by atoms with E-state index in [0.717, 1.165) is 0 Å². The third-order valence-corrected chi connectivity index (χ3v) is 1.95. The van der Waals surface area contributed by atoms with Crippen LogP contribution in [-0.4, -0.2) is 35.3 Å². The maximum atomic E-state index is 12.2. The summed E-state index contributed by atoms with van der Waals surface area (Å²) in [5, 5.41) is 0. The van der Waals surface area contributed by atoms with Crippen LogP contribution in [-0.2, 0) is 6.18 Å². The number of aromatic nitrogens is 2. The molecule has 0 saturated carbocycles. The highest BCUT2D eigenvalue weighted by atomic mass is 79.9. The molecule has 0 spiro atoms. The minimum absolute atomic E-state index is 0.0413. The summed E-state index contributed by atoms with van der Waals surface area (Å²) in [5.74, 6) is 0.0988. The second-order valence-corrected chi connectivity index (χ2v) is 3.83. The molecule has 0 aliphatic heterocycles. The van der Waals surface area contributed by atoms with Gasteiger partial charge in [0, 0.05) is 14.1 Å². The summed E-state index contributed by atoms with van der Waals surface area (Å²) in [6, 6.07) is 0. The molecule has 1 heterocycles. The second kappa shape index (κ2) is 4.77.